The van der Waals surface area contributed by atoms with E-state index in [0.29, 0.717) is 39.7 Å². The van der Waals surface area contributed by atoms with Crippen LogP contribution in [0.25, 0.3) is 21.5 Å². The Morgan fingerprint density at radius 2 is 2.09 bits per heavy atom. The Balaban J connectivity index is 1.56. The number of hydrogen-bond donors (Lipinski definition) is 0. The smallest absolute Gasteiger partial charge is 0.265 e. The predicted molar refractivity (Wildman–Crippen MR) is 130 cm³/mol. The average molecular weight is 514 g/mol. The first-order chi connectivity index (χ1) is 16.9. The summed E-state index contributed by atoms with van der Waals surface area (Å²) >= 11 is 7.40. The summed E-state index contributed by atoms with van der Waals surface area (Å²) in [4.78, 5) is 23.7. The number of thiazole rings is 1. The molecule has 0 aliphatic rings. The number of imidazole rings is 1. The van der Waals surface area contributed by atoms with Crippen molar-refractivity contribution in [2.45, 2.75) is 19.9 Å². The number of rotatable bonds is 7. The second-order valence-corrected chi connectivity index (χ2v) is 9.20. The van der Waals surface area contributed by atoms with Gasteiger partial charge >= 0.3 is 0 Å². The van der Waals surface area contributed by atoms with Gasteiger partial charge in [0.05, 0.1) is 16.0 Å². The van der Waals surface area contributed by atoms with Crippen LogP contribution in [-0.4, -0.2) is 32.1 Å². The number of aryl methyl sites for hydroxylation is 2. The number of benzene rings is 2. The van der Waals surface area contributed by atoms with Crippen LogP contribution in [0.2, 0.25) is 5.02 Å². The van der Waals surface area contributed by atoms with Gasteiger partial charge < -0.3 is 9.09 Å². The van der Waals surface area contributed by atoms with Gasteiger partial charge in [-0.15, -0.1) is 0 Å². The van der Waals surface area contributed by atoms with Gasteiger partial charge in [-0.1, -0.05) is 46.3 Å². The van der Waals surface area contributed by atoms with Gasteiger partial charge in [-0.3, -0.25) is 9.69 Å². The molecule has 5 aromatic rings. The number of carbonyl (C=O) groups is 1. The van der Waals surface area contributed by atoms with E-state index in [1.165, 1.54) is 11.0 Å². The highest BCUT2D eigenvalue weighted by molar-refractivity contribution is 7.22. The molecule has 2 aromatic carbocycles. The van der Waals surface area contributed by atoms with Crippen LogP contribution >= 0.6 is 22.9 Å². The summed E-state index contributed by atoms with van der Waals surface area (Å²) in [7, 11) is 0. The third kappa shape index (κ3) is 4.54. The van der Waals surface area contributed by atoms with E-state index in [1.807, 2.05) is 10.8 Å². The molecule has 1 amide bonds. The number of hydrogen-bond acceptors (Lipinski definition) is 6. The molecule has 5 rings (SSSR count). The molecule has 3 aromatic heterocycles. The van der Waals surface area contributed by atoms with Crippen molar-refractivity contribution in [3.05, 3.63) is 83.1 Å². The summed E-state index contributed by atoms with van der Waals surface area (Å²) in [5.74, 6) is -1.61. The molecule has 0 aliphatic heterocycles. The van der Waals surface area contributed by atoms with Gasteiger partial charge in [-0.2, -0.15) is 0 Å². The van der Waals surface area contributed by atoms with Gasteiger partial charge in [-0.05, 0) is 25.5 Å². The van der Waals surface area contributed by atoms with Crippen molar-refractivity contribution < 1.29 is 18.1 Å². The third-order valence-corrected chi connectivity index (χ3v) is 6.80. The van der Waals surface area contributed by atoms with Gasteiger partial charge in [-0.25, -0.2) is 18.7 Å². The molecular formula is C24H18ClF2N5O2S. The number of nitrogens with zero attached hydrogens (tertiary/aromatic N) is 5. The van der Waals surface area contributed by atoms with Crippen LogP contribution in [0.15, 0.2) is 59.6 Å². The Bertz CT molecular complexity index is 1520. The largest absolute Gasteiger partial charge is 0.360 e. The molecule has 0 atom stereocenters. The number of anilines is 1. The summed E-state index contributed by atoms with van der Waals surface area (Å²) < 4.78 is 35.7. The Morgan fingerprint density at radius 3 is 2.86 bits per heavy atom. The second-order valence-electron chi connectivity index (χ2n) is 7.78. The lowest BCUT2D eigenvalue weighted by Crippen LogP contribution is -2.33. The molecule has 0 fully saturated rings. The highest BCUT2D eigenvalue weighted by Gasteiger charge is 2.30. The normalized spacial score (nSPS) is 11.3. The summed E-state index contributed by atoms with van der Waals surface area (Å²) in [6, 6.07) is 8.98. The quantitative estimate of drug-likeness (QED) is 0.262. The first-order valence-electron chi connectivity index (χ1n) is 10.7. The minimum atomic E-state index is -0.786. The number of carbonyl (C=O) groups excluding carboxylic acids is 1. The van der Waals surface area contributed by atoms with E-state index in [2.05, 4.69) is 15.1 Å². The van der Waals surface area contributed by atoms with Gasteiger partial charge in [0.25, 0.3) is 5.91 Å². The maximum atomic E-state index is 14.4. The van der Waals surface area contributed by atoms with E-state index in [4.69, 9.17) is 16.1 Å². The van der Waals surface area contributed by atoms with Crippen molar-refractivity contribution in [3.8, 4) is 11.3 Å². The van der Waals surface area contributed by atoms with E-state index in [1.54, 1.807) is 43.7 Å². The van der Waals surface area contributed by atoms with Crippen LogP contribution in [0.3, 0.4) is 0 Å². The number of aromatic nitrogens is 4. The standard InChI is InChI=1S/C24H18ClF2N5O2S/c1-14-20(21(30-34-14)16-5-2-3-6-17(16)25)23(33)32(9-4-8-31-10-7-28-13-31)24-29-22-18(27)11-15(26)12-19(22)35-24/h2-3,5-7,10-13H,4,8-9H2,1H3. The zero-order valence-electron chi connectivity index (χ0n) is 18.4. The van der Waals surface area contributed by atoms with Gasteiger partial charge in [0, 0.05) is 37.1 Å². The zero-order valence-corrected chi connectivity index (χ0v) is 20.0. The van der Waals surface area contributed by atoms with Crippen molar-refractivity contribution in [3.63, 3.8) is 0 Å². The Kier molecular flexibility index (Phi) is 6.31. The SMILES string of the molecule is Cc1onc(-c2ccccc2Cl)c1C(=O)N(CCCn1ccnc1)c1nc2c(F)cc(F)cc2s1. The van der Waals surface area contributed by atoms with E-state index in [-0.39, 0.29) is 22.8 Å². The van der Waals surface area contributed by atoms with E-state index >= 15 is 0 Å². The molecule has 0 unspecified atom stereocenters. The lowest BCUT2D eigenvalue weighted by Gasteiger charge is -2.20. The highest BCUT2D eigenvalue weighted by Crippen LogP contribution is 2.35. The lowest BCUT2D eigenvalue weighted by molar-refractivity contribution is 0.0985. The molecule has 0 saturated heterocycles. The van der Waals surface area contributed by atoms with Crippen LogP contribution in [-0.2, 0) is 6.54 Å². The molecule has 0 aliphatic carbocycles. The van der Waals surface area contributed by atoms with E-state index in [0.717, 1.165) is 17.4 Å². The first kappa shape index (κ1) is 23.1. The molecule has 3 heterocycles. The summed E-state index contributed by atoms with van der Waals surface area (Å²) in [5, 5.41) is 4.74. The number of halogens is 3. The maximum absolute atomic E-state index is 14.4. The van der Waals surface area contributed by atoms with Crippen LogP contribution in [0.4, 0.5) is 13.9 Å². The number of fused-ring (bicyclic) bond motifs is 1. The van der Waals surface area contributed by atoms with Gasteiger partial charge in [0.2, 0.25) is 0 Å². The molecular weight excluding hydrogens is 496 g/mol. The summed E-state index contributed by atoms with van der Waals surface area (Å²) in [5.41, 5.74) is 1.08. The average Bonchev–Trinajstić information content (AvgIpc) is 3.57. The van der Waals surface area contributed by atoms with E-state index < -0.39 is 17.5 Å². The van der Waals surface area contributed by atoms with E-state index in [9.17, 15) is 13.6 Å². The Hall–Kier alpha value is -3.63. The number of amides is 1. The van der Waals surface area contributed by atoms with Crippen molar-refractivity contribution in [1.29, 1.82) is 0 Å². The summed E-state index contributed by atoms with van der Waals surface area (Å²) in [6.07, 6.45) is 5.73. The van der Waals surface area contributed by atoms with Gasteiger partial charge in [0.1, 0.15) is 28.4 Å². The topological polar surface area (TPSA) is 77.0 Å². The fourth-order valence-electron chi connectivity index (χ4n) is 3.77. The highest BCUT2D eigenvalue weighted by atomic mass is 35.5. The second kappa shape index (κ2) is 9.55. The first-order valence-corrected chi connectivity index (χ1v) is 11.9. The van der Waals surface area contributed by atoms with Crippen LogP contribution < -0.4 is 4.90 Å². The Labute approximate surface area is 207 Å². The molecule has 0 bridgehead atoms. The van der Waals surface area contributed by atoms with Crippen LogP contribution in [0.5, 0.6) is 0 Å². The molecule has 0 N–H and O–H groups in total. The maximum Gasteiger partial charge on any atom is 0.265 e. The molecule has 0 radical (unpaired) electrons. The minimum absolute atomic E-state index is 0.00665. The molecule has 178 valence electrons. The predicted octanol–water partition coefficient (Wildman–Crippen LogP) is 6.12. The lowest BCUT2D eigenvalue weighted by atomic mass is 10.1. The fourth-order valence-corrected chi connectivity index (χ4v) is 5.03. The van der Waals surface area contributed by atoms with Gasteiger partial charge in [0.15, 0.2) is 10.9 Å². The van der Waals surface area contributed by atoms with Crippen molar-refractivity contribution in [1.82, 2.24) is 19.7 Å². The molecule has 35 heavy (non-hydrogen) atoms. The van der Waals surface area contributed by atoms with Crippen molar-refractivity contribution in [2.24, 2.45) is 0 Å². The molecule has 7 nitrogen and oxygen atoms in total. The monoisotopic (exact) mass is 513 g/mol. The zero-order chi connectivity index (χ0) is 24.5. The fraction of sp³-hybridized carbons (Fsp3) is 0.167. The molecule has 0 spiro atoms. The minimum Gasteiger partial charge on any atom is -0.360 e. The Morgan fingerprint density at radius 1 is 1.26 bits per heavy atom. The molecule has 0 saturated carbocycles. The van der Waals surface area contributed by atoms with Crippen LogP contribution in [0.1, 0.15) is 22.5 Å². The summed E-state index contributed by atoms with van der Waals surface area (Å²) in [6.45, 7) is 2.49. The van der Waals surface area contributed by atoms with Crippen molar-refractivity contribution in [2.75, 3.05) is 11.4 Å². The van der Waals surface area contributed by atoms with Crippen LogP contribution in [0, 0.1) is 18.6 Å². The molecule has 11 heteroatoms. The third-order valence-electron chi connectivity index (χ3n) is 5.44. The van der Waals surface area contributed by atoms with Crippen molar-refractivity contribution >= 4 is 44.2 Å².